The highest BCUT2D eigenvalue weighted by molar-refractivity contribution is 5.15. The Bertz CT molecular complexity index is 274. The average molecular weight is 167 g/mol. The predicted octanol–water partition coefficient (Wildman–Crippen LogP) is 0.769. The molecule has 3 heteroatoms. The van der Waals surface area contributed by atoms with Crippen LogP contribution in [0.1, 0.15) is 17.9 Å². The molecule has 0 spiro atoms. The van der Waals surface area contributed by atoms with Crippen LogP contribution in [0.4, 0.5) is 0 Å². The van der Waals surface area contributed by atoms with Crippen molar-refractivity contribution in [3.05, 3.63) is 23.7 Å². The minimum atomic E-state index is -0.770. The van der Waals surface area contributed by atoms with Crippen molar-refractivity contribution >= 4 is 0 Å². The van der Waals surface area contributed by atoms with Crippen molar-refractivity contribution in [2.24, 2.45) is 0 Å². The van der Waals surface area contributed by atoms with Gasteiger partial charge in [0.2, 0.25) is 0 Å². The third-order valence-electron chi connectivity index (χ3n) is 2.33. The molecule has 2 rings (SSSR count). The van der Waals surface area contributed by atoms with Gasteiger partial charge in [-0.2, -0.15) is 0 Å². The Hall–Kier alpha value is -0.800. The number of aryl methyl sites for hydroxylation is 1. The molecule has 1 aromatic rings. The molecule has 66 valence electrons. The normalized spacial score (nSPS) is 29.5. The van der Waals surface area contributed by atoms with Gasteiger partial charge in [-0.3, -0.25) is 0 Å². The monoisotopic (exact) mass is 167 g/mol. The highest BCUT2D eigenvalue weighted by Crippen LogP contribution is 2.28. The van der Waals surface area contributed by atoms with E-state index in [9.17, 15) is 5.11 Å². The molecule has 1 fully saturated rings. The van der Waals surface area contributed by atoms with Crippen LogP contribution in [-0.4, -0.2) is 18.2 Å². The average Bonchev–Trinajstić information content (AvgIpc) is 2.59. The Kier molecular flexibility index (Phi) is 1.70. The van der Waals surface area contributed by atoms with Crippen molar-refractivity contribution in [2.45, 2.75) is 18.9 Å². The number of aliphatic hydroxyl groups is 1. The van der Waals surface area contributed by atoms with Crippen LogP contribution in [0.3, 0.4) is 0 Å². The summed E-state index contributed by atoms with van der Waals surface area (Å²) in [4.78, 5) is 0. The summed E-state index contributed by atoms with van der Waals surface area (Å²) in [5.74, 6) is 1.54. The zero-order chi connectivity index (χ0) is 8.60. The molecule has 0 aliphatic carbocycles. The molecule has 2 N–H and O–H groups in total. The van der Waals surface area contributed by atoms with Crippen molar-refractivity contribution in [2.75, 3.05) is 13.1 Å². The number of nitrogens with one attached hydrogen (secondary N) is 1. The first-order chi connectivity index (χ1) is 5.71. The summed E-state index contributed by atoms with van der Waals surface area (Å²) in [6.07, 6.45) is 0.736. The third-order valence-corrected chi connectivity index (χ3v) is 2.33. The third kappa shape index (κ3) is 1.15. The Balaban J connectivity index is 2.28. The molecule has 2 heterocycles. The highest BCUT2D eigenvalue weighted by Gasteiger charge is 2.35. The van der Waals surface area contributed by atoms with E-state index in [-0.39, 0.29) is 0 Å². The lowest BCUT2D eigenvalue weighted by atomic mass is 10.0. The fraction of sp³-hybridized carbons (Fsp3) is 0.556. The zero-order valence-electron chi connectivity index (χ0n) is 7.13. The number of β-amino-alcohol motifs (C(OH)–C–C–N with tert-alkyl or cyclic N) is 1. The van der Waals surface area contributed by atoms with Gasteiger partial charge in [-0.15, -0.1) is 0 Å². The van der Waals surface area contributed by atoms with Gasteiger partial charge in [0.25, 0.3) is 0 Å². The van der Waals surface area contributed by atoms with Gasteiger partial charge in [0.15, 0.2) is 0 Å². The summed E-state index contributed by atoms with van der Waals surface area (Å²) >= 11 is 0. The lowest BCUT2D eigenvalue weighted by molar-refractivity contribution is 0.0348. The molecule has 1 saturated heterocycles. The highest BCUT2D eigenvalue weighted by atomic mass is 16.4. The standard InChI is InChI=1S/C9H13NO2/c1-7-2-3-8(12-7)9(11)4-5-10-6-9/h2-3,10-11H,4-6H2,1H3. The fourth-order valence-electron chi connectivity index (χ4n) is 1.57. The Morgan fingerprint density at radius 1 is 1.58 bits per heavy atom. The summed E-state index contributed by atoms with van der Waals surface area (Å²) < 4.78 is 5.38. The lowest BCUT2D eigenvalue weighted by Crippen LogP contribution is -2.27. The molecular formula is C9H13NO2. The maximum absolute atomic E-state index is 10.0. The van der Waals surface area contributed by atoms with Crippen LogP contribution in [0.25, 0.3) is 0 Å². The summed E-state index contributed by atoms with van der Waals surface area (Å²) in [5.41, 5.74) is -0.770. The summed E-state index contributed by atoms with van der Waals surface area (Å²) in [5, 5.41) is 13.1. The summed E-state index contributed by atoms with van der Waals surface area (Å²) in [6, 6.07) is 3.73. The van der Waals surface area contributed by atoms with E-state index in [1.165, 1.54) is 0 Å². The molecule has 1 aliphatic heterocycles. The van der Waals surface area contributed by atoms with Crippen molar-refractivity contribution in [3.63, 3.8) is 0 Å². The quantitative estimate of drug-likeness (QED) is 0.649. The lowest BCUT2D eigenvalue weighted by Gasteiger charge is -2.17. The van der Waals surface area contributed by atoms with Crippen LogP contribution in [0.2, 0.25) is 0 Å². The van der Waals surface area contributed by atoms with Crippen molar-refractivity contribution in [1.82, 2.24) is 5.32 Å². The number of rotatable bonds is 1. The number of hydrogen-bond donors (Lipinski definition) is 2. The molecule has 3 nitrogen and oxygen atoms in total. The van der Waals surface area contributed by atoms with Gasteiger partial charge >= 0.3 is 0 Å². The molecule has 12 heavy (non-hydrogen) atoms. The molecule has 0 aromatic carbocycles. The maximum Gasteiger partial charge on any atom is 0.137 e. The van der Waals surface area contributed by atoms with Crippen molar-refractivity contribution in [1.29, 1.82) is 0 Å². The van der Waals surface area contributed by atoms with Gasteiger partial charge in [-0.05, 0) is 32.0 Å². The Morgan fingerprint density at radius 2 is 2.42 bits per heavy atom. The van der Waals surface area contributed by atoms with Gasteiger partial charge in [-0.25, -0.2) is 0 Å². The second-order valence-corrected chi connectivity index (χ2v) is 3.37. The smallest absolute Gasteiger partial charge is 0.137 e. The minimum Gasteiger partial charge on any atom is -0.463 e. The van der Waals surface area contributed by atoms with E-state index in [1.54, 1.807) is 0 Å². The molecule has 0 radical (unpaired) electrons. The van der Waals surface area contributed by atoms with Gasteiger partial charge in [0, 0.05) is 6.54 Å². The zero-order valence-corrected chi connectivity index (χ0v) is 7.13. The van der Waals surface area contributed by atoms with E-state index in [0.717, 1.165) is 18.7 Å². The molecule has 1 atom stereocenters. The van der Waals surface area contributed by atoms with Gasteiger partial charge in [0.1, 0.15) is 17.1 Å². The van der Waals surface area contributed by atoms with Crippen LogP contribution in [0.15, 0.2) is 16.5 Å². The second-order valence-electron chi connectivity index (χ2n) is 3.37. The van der Waals surface area contributed by atoms with Crippen LogP contribution in [-0.2, 0) is 5.60 Å². The van der Waals surface area contributed by atoms with E-state index >= 15 is 0 Å². The summed E-state index contributed by atoms with van der Waals surface area (Å²) in [6.45, 7) is 3.34. The first-order valence-electron chi connectivity index (χ1n) is 4.21. The molecule has 1 unspecified atom stereocenters. The molecule has 1 aromatic heterocycles. The first-order valence-corrected chi connectivity index (χ1v) is 4.21. The van der Waals surface area contributed by atoms with Crippen molar-refractivity contribution < 1.29 is 9.52 Å². The summed E-state index contributed by atoms with van der Waals surface area (Å²) in [7, 11) is 0. The molecule has 0 saturated carbocycles. The van der Waals surface area contributed by atoms with E-state index in [2.05, 4.69) is 5.32 Å². The van der Waals surface area contributed by atoms with Gasteiger partial charge in [-0.1, -0.05) is 0 Å². The molecule has 1 aliphatic rings. The Morgan fingerprint density at radius 3 is 2.92 bits per heavy atom. The van der Waals surface area contributed by atoms with E-state index < -0.39 is 5.60 Å². The molecule has 0 amide bonds. The van der Waals surface area contributed by atoms with Gasteiger partial charge in [0.05, 0.1) is 0 Å². The van der Waals surface area contributed by atoms with E-state index in [1.807, 2.05) is 19.1 Å². The molecular weight excluding hydrogens is 154 g/mol. The van der Waals surface area contributed by atoms with Crippen LogP contribution in [0.5, 0.6) is 0 Å². The predicted molar refractivity (Wildman–Crippen MR) is 44.8 cm³/mol. The number of hydrogen-bond acceptors (Lipinski definition) is 3. The van der Waals surface area contributed by atoms with Crippen LogP contribution < -0.4 is 5.32 Å². The fourth-order valence-corrected chi connectivity index (χ4v) is 1.57. The minimum absolute atomic E-state index is 0.597. The SMILES string of the molecule is Cc1ccc(C2(O)CCNC2)o1. The Labute approximate surface area is 71.4 Å². The largest absolute Gasteiger partial charge is 0.463 e. The molecule has 0 bridgehead atoms. The van der Waals surface area contributed by atoms with E-state index in [4.69, 9.17) is 4.42 Å². The first kappa shape index (κ1) is 7.83. The second kappa shape index (κ2) is 2.61. The number of furan rings is 1. The topological polar surface area (TPSA) is 45.4 Å². The van der Waals surface area contributed by atoms with E-state index in [0.29, 0.717) is 12.3 Å². The van der Waals surface area contributed by atoms with Crippen LogP contribution in [0, 0.1) is 6.92 Å². The van der Waals surface area contributed by atoms with Crippen molar-refractivity contribution in [3.8, 4) is 0 Å². The van der Waals surface area contributed by atoms with Gasteiger partial charge < -0.3 is 14.8 Å². The van der Waals surface area contributed by atoms with Crippen LogP contribution >= 0.6 is 0 Å². The maximum atomic E-state index is 10.0.